The second-order valence-corrected chi connectivity index (χ2v) is 59.9. The molecule has 0 unspecified atom stereocenters. The molecule has 22 heteroatoms. The fraction of sp³-hybridized carbons (Fsp3) is 0.798. The summed E-state index contributed by atoms with van der Waals surface area (Å²) in [4.78, 5) is 30.0. The van der Waals surface area contributed by atoms with Crippen LogP contribution in [0.4, 0.5) is 0 Å². The van der Waals surface area contributed by atoms with Crippen molar-refractivity contribution >= 4 is 45.0 Å². The van der Waals surface area contributed by atoms with Crippen LogP contribution in [0, 0.1) is 17.8 Å². The van der Waals surface area contributed by atoms with Crippen molar-refractivity contribution in [1.29, 1.82) is 0 Å². The molecule has 6 saturated heterocycles. The molecule has 6 heterocycles. The minimum Gasteiger partial charge on any atom is -0.497 e. The number of esters is 1. The number of ketones is 1. The van der Waals surface area contributed by atoms with Crippen LogP contribution in [0.1, 0.15) is 233 Å². The minimum atomic E-state index is -2.64. The van der Waals surface area contributed by atoms with Gasteiger partial charge < -0.3 is 74.5 Å². The number of benzene rings is 2. The van der Waals surface area contributed by atoms with Crippen molar-refractivity contribution in [1.82, 2.24) is 0 Å². The van der Waals surface area contributed by atoms with Crippen molar-refractivity contribution in [3.8, 4) is 11.5 Å². The molecule has 18 nitrogen and oxygen atoms in total. The molecule has 111 heavy (non-hydrogen) atoms. The van der Waals surface area contributed by atoms with Gasteiger partial charge in [0.2, 0.25) is 5.79 Å². The number of carbonyl (C=O) groups excluding carboxylic acids is 2. The normalized spacial score (nSPS) is 31.4. The third kappa shape index (κ3) is 22.7. The minimum absolute atomic E-state index is 0.0600. The highest BCUT2D eigenvalue weighted by Gasteiger charge is 2.66. The molecular formula is C89H152O18Si4. The highest BCUT2D eigenvalue weighted by molar-refractivity contribution is 6.75. The zero-order valence-electron chi connectivity index (χ0n) is 74.6. The number of allylic oxidation sites excluding steroid dienone is 1. The summed E-state index contributed by atoms with van der Waals surface area (Å²) in [6, 6.07) is 16.0. The lowest BCUT2D eigenvalue weighted by atomic mass is 9.87. The maximum Gasteiger partial charge on any atom is 0.311 e. The SMILES string of the molecule is C=C[C@H]1O[C@H]([C@@]2(OC)OCC[C@@H](C)[C@H]2O[Si](C)(C)C(C)(C)C)C[C@H]1OC(=O)[C@H](C)[C@H](CCCC(=O)CC[C@H](O[Si](C)(C)C(C)(C)C)[C@@H](OCc1ccc(OC)cc1)[C@@]1(C)C[C@H](O[Si](C)(C)C(C)(C)C)[C@@H]([C@H]2C[C@@]3(C)CC[C@]([C@H]4CC[C@](C)(C[C@@H](C)/C=C(\C)COCc5ccc(OC)cc5)O4)(O2)O3)O1)O[Si](C)(C)C(C)(C)C. The number of fused-ring (bicyclic) bond motifs is 2. The average Bonchev–Trinajstić information content (AvgIpc) is 1.58. The van der Waals surface area contributed by atoms with Gasteiger partial charge in [0, 0.05) is 45.6 Å². The van der Waals surface area contributed by atoms with Crippen LogP contribution in [-0.4, -0.2) is 175 Å². The summed E-state index contributed by atoms with van der Waals surface area (Å²) in [5.74, 6) is -1.25. The Morgan fingerprint density at radius 3 is 1.78 bits per heavy atom. The lowest BCUT2D eigenvalue weighted by Gasteiger charge is -2.52. The summed E-state index contributed by atoms with van der Waals surface area (Å²) < 4.78 is 111. The van der Waals surface area contributed by atoms with Gasteiger partial charge in [-0.25, -0.2) is 0 Å². The monoisotopic (exact) mass is 1620 g/mol. The van der Waals surface area contributed by atoms with E-state index >= 15 is 4.79 Å². The predicted octanol–water partition coefficient (Wildman–Crippen LogP) is 20.7. The van der Waals surface area contributed by atoms with Gasteiger partial charge in [-0.1, -0.05) is 139 Å². The van der Waals surface area contributed by atoms with Gasteiger partial charge in [-0.3, -0.25) is 9.59 Å². The maximum atomic E-state index is 15.0. The Morgan fingerprint density at radius 1 is 0.658 bits per heavy atom. The van der Waals surface area contributed by atoms with Crippen LogP contribution in [0.15, 0.2) is 72.8 Å². The summed E-state index contributed by atoms with van der Waals surface area (Å²) in [5, 5.41) is -0.548. The summed E-state index contributed by atoms with van der Waals surface area (Å²) >= 11 is 0. The molecule has 632 valence electrons. The second-order valence-electron chi connectivity index (χ2n) is 40.9. The van der Waals surface area contributed by atoms with Gasteiger partial charge in [0.25, 0.3) is 0 Å². The van der Waals surface area contributed by atoms with E-state index in [0.717, 1.165) is 54.7 Å². The molecule has 0 radical (unpaired) electrons. The highest BCUT2D eigenvalue weighted by Crippen LogP contribution is 2.57. The van der Waals surface area contributed by atoms with Crippen molar-refractivity contribution in [3.63, 3.8) is 0 Å². The van der Waals surface area contributed by atoms with Gasteiger partial charge >= 0.3 is 5.97 Å². The van der Waals surface area contributed by atoms with E-state index in [-0.39, 0.29) is 69.4 Å². The van der Waals surface area contributed by atoms with Crippen LogP contribution in [0.25, 0.3) is 0 Å². The Labute approximate surface area is 675 Å². The van der Waals surface area contributed by atoms with Crippen molar-refractivity contribution < 1.29 is 84.1 Å². The van der Waals surface area contributed by atoms with E-state index in [1.165, 1.54) is 5.57 Å². The van der Waals surface area contributed by atoms with Gasteiger partial charge in [0.15, 0.2) is 39.1 Å². The van der Waals surface area contributed by atoms with Gasteiger partial charge in [0.05, 0.1) is 87.8 Å². The third-order valence-corrected chi connectivity index (χ3v) is 45.4. The zero-order valence-corrected chi connectivity index (χ0v) is 78.6. The molecule has 0 saturated carbocycles. The zero-order chi connectivity index (χ0) is 82.7. The first-order valence-corrected chi connectivity index (χ1v) is 53.6. The van der Waals surface area contributed by atoms with Gasteiger partial charge in [-0.15, -0.1) is 6.58 Å². The number of hydrogen-bond acceptors (Lipinski definition) is 18. The molecular weight excluding hydrogens is 1470 g/mol. The fourth-order valence-electron chi connectivity index (χ4n) is 16.5. The number of carbonyl (C=O) groups is 2. The first-order chi connectivity index (χ1) is 51.2. The largest absolute Gasteiger partial charge is 0.497 e. The van der Waals surface area contributed by atoms with E-state index in [9.17, 15) is 4.79 Å². The smallest absolute Gasteiger partial charge is 0.311 e. The Kier molecular flexibility index (Phi) is 30.6. The lowest BCUT2D eigenvalue weighted by molar-refractivity contribution is -0.363. The molecule has 8 rings (SSSR count). The summed E-state index contributed by atoms with van der Waals surface area (Å²) in [6.45, 7) is 66.2. The Morgan fingerprint density at radius 2 is 1.23 bits per heavy atom. The number of Topliss-reactive ketones (excluding diaryl/α,β-unsaturated/α-hetero) is 1. The van der Waals surface area contributed by atoms with E-state index in [1.807, 2.05) is 55.5 Å². The quantitative estimate of drug-likeness (QED) is 0.0353. The van der Waals surface area contributed by atoms with Crippen LogP contribution in [0.3, 0.4) is 0 Å². The number of methoxy groups -OCH3 is 3. The molecule has 2 aromatic carbocycles. The Hall–Kier alpha value is -2.99. The van der Waals surface area contributed by atoms with Gasteiger partial charge in [0.1, 0.15) is 60.0 Å². The van der Waals surface area contributed by atoms with E-state index in [4.69, 9.17) is 74.5 Å². The molecule has 2 bridgehead atoms. The predicted molar refractivity (Wildman–Crippen MR) is 451 cm³/mol. The lowest BCUT2D eigenvalue weighted by Crippen LogP contribution is -2.64. The first-order valence-electron chi connectivity index (χ1n) is 42.0. The molecule has 0 aliphatic carbocycles. The van der Waals surface area contributed by atoms with Crippen LogP contribution in [0.2, 0.25) is 72.5 Å². The first kappa shape index (κ1) is 93.5. The van der Waals surface area contributed by atoms with Crippen LogP contribution in [0.5, 0.6) is 11.5 Å². The molecule has 0 N–H and O–H groups in total. The number of ether oxygens (including phenoxy) is 12. The van der Waals surface area contributed by atoms with E-state index < -0.39 is 128 Å². The van der Waals surface area contributed by atoms with Crippen LogP contribution >= 0.6 is 0 Å². The standard InChI is InChI=1S/C89H152O18Si4/c1-32-69-72(53-76(98-69)89(94-23)78(62(4)47-51-97-89)106-111(30,31)84(15,16)17)99-80(91)63(5)70(103-108(24,25)81(6,7)8)35-33-34-66(90)40-45-71(104-109(26,27)82(9,10)11)79(96-59-65-38-43-68(93-22)44-39-65)87(20)56-74(105-110(28,29)83(12,13)14)77(102-87)73-55-86(19)49-50-88(100-73,107-86)75-46-48-85(18,101-75)54-60(2)52-61(3)57-95-58-64-36-41-67(92-21)42-37-64/h32,36-39,41-44,52,60,62-63,69-79H,1,33-35,40,45-51,53-59H2,2-31H3/b61-52+/t60-,62+,63+,69+,70-,71-,72+,73+,74-,75+,76-,77+,78+,79+,85+,86+,87+,88-,89+/m0/s1. The van der Waals surface area contributed by atoms with E-state index in [0.29, 0.717) is 64.8 Å². The summed E-state index contributed by atoms with van der Waals surface area (Å²) in [6.07, 6.45) is 6.47. The average molecular weight is 1620 g/mol. The second kappa shape index (κ2) is 36.3. The van der Waals surface area contributed by atoms with E-state index in [2.05, 4.69) is 190 Å². The van der Waals surface area contributed by atoms with Gasteiger partial charge in [-0.2, -0.15) is 0 Å². The Balaban J connectivity index is 1.04. The van der Waals surface area contributed by atoms with Crippen molar-refractivity contribution in [2.24, 2.45) is 17.8 Å². The third-order valence-electron chi connectivity index (χ3n) is 27.4. The molecule has 0 spiro atoms. The van der Waals surface area contributed by atoms with Crippen LogP contribution < -0.4 is 9.47 Å². The molecule has 6 aliphatic heterocycles. The summed E-state index contributed by atoms with van der Waals surface area (Å²) in [5.41, 5.74) is 1.34. The van der Waals surface area contributed by atoms with Crippen LogP contribution in [-0.2, 0) is 87.9 Å². The molecule has 19 atom stereocenters. The van der Waals surface area contributed by atoms with E-state index in [1.54, 1.807) is 27.4 Å². The topological polar surface area (TPSA) is 182 Å². The Bertz CT molecular complexity index is 3390. The fourth-order valence-corrected chi connectivity index (χ4v) is 22.0. The molecule has 0 amide bonds. The number of rotatable bonds is 37. The molecule has 6 fully saturated rings. The molecule has 0 aromatic heterocycles. The van der Waals surface area contributed by atoms with Crippen molar-refractivity contribution in [3.05, 3.63) is 84.0 Å². The highest BCUT2D eigenvalue weighted by atomic mass is 28.4. The van der Waals surface area contributed by atoms with Gasteiger partial charge in [-0.05, 0) is 206 Å². The number of hydrogen-bond donors (Lipinski definition) is 0. The summed E-state index contributed by atoms with van der Waals surface area (Å²) in [7, 11) is -4.95. The van der Waals surface area contributed by atoms with Crippen molar-refractivity contribution in [2.45, 2.75) is 403 Å². The molecule has 6 aliphatic rings. The molecule has 2 aromatic rings. The maximum absolute atomic E-state index is 15.0. The van der Waals surface area contributed by atoms with Crippen molar-refractivity contribution in [2.75, 3.05) is 34.5 Å².